The van der Waals surface area contributed by atoms with Crippen molar-refractivity contribution in [2.75, 3.05) is 16.4 Å². The van der Waals surface area contributed by atoms with Gasteiger partial charge in [-0.3, -0.25) is 9.40 Å². The van der Waals surface area contributed by atoms with Gasteiger partial charge >= 0.3 is 0 Å². The molecule has 0 aliphatic carbocycles. The first-order chi connectivity index (χ1) is 7.88. The standard InChI is InChI=1S/C10H18ClN3O2S/c1-4-9-10(6-14(3)12-9)13-17(15,16)7-8(2)5-11/h6,8,13H,4-5,7H2,1-3H3. The molecule has 0 radical (unpaired) electrons. The molecular formula is C10H18ClN3O2S. The van der Waals surface area contributed by atoms with Gasteiger partial charge in [0.05, 0.1) is 17.1 Å². The molecule has 17 heavy (non-hydrogen) atoms. The minimum Gasteiger partial charge on any atom is -0.280 e. The fraction of sp³-hybridized carbons (Fsp3) is 0.700. The summed E-state index contributed by atoms with van der Waals surface area (Å²) in [6.07, 6.45) is 2.35. The molecule has 98 valence electrons. The number of hydrogen-bond donors (Lipinski definition) is 1. The smallest absolute Gasteiger partial charge is 0.233 e. The van der Waals surface area contributed by atoms with Gasteiger partial charge in [-0.2, -0.15) is 5.10 Å². The van der Waals surface area contributed by atoms with E-state index in [4.69, 9.17) is 11.6 Å². The molecule has 5 nitrogen and oxygen atoms in total. The molecule has 1 aromatic heterocycles. The van der Waals surface area contributed by atoms with Gasteiger partial charge in [-0.1, -0.05) is 13.8 Å². The molecule has 0 aliphatic heterocycles. The van der Waals surface area contributed by atoms with Gasteiger partial charge in [-0.15, -0.1) is 11.6 Å². The van der Waals surface area contributed by atoms with Crippen molar-refractivity contribution in [2.45, 2.75) is 20.3 Å². The van der Waals surface area contributed by atoms with E-state index in [9.17, 15) is 8.42 Å². The van der Waals surface area contributed by atoms with Gasteiger partial charge in [0.25, 0.3) is 0 Å². The number of nitrogens with one attached hydrogen (secondary N) is 1. The molecular weight excluding hydrogens is 262 g/mol. The molecule has 1 N–H and O–H groups in total. The lowest BCUT2D eigenvalue weighted by atomic mass is 10.3. The normalized spacial score (nSPS) is 13.6. The average molecular weight is 280 g/mol. The first-order valence-corrected chi connectivity index (χ1v) is 7.65. The van der Waals surface area contributed by atoms with Crippen molar-refractivity contribution in [3.8, 4) is 0 Å². The Morgan fingerprint density at radius 1 is 1.59 bits per heavy atom. The monoisotopic (exact) mass is 279 g/mol. The van der Waals surface area contributed by atoms with Crippen LogP contribution in [0, 0.1) is 5.92 Å². The number of aromatic nitrogens is 2. The lowest BCUT2D eigenvalue weighted by Crippen LogP contribution is -2.22. The third-order valence-corrected chi connectivity index (χ3v) is 4.34. The zero-order chi connectivity index (χ0) is 13.1. The van der Waals surface area contributed by atoms with E-state index >= 15 is 0 Å². The Kier molecular flexibility index (Phi) is 4.82. The van der Waals surface area contributed by atoms with Crippen LogP contribution in [0.15, 0.2) is 6.20 Å². The average Bonchev–Trinajstić information content (AvgIpc) is 2.56. The van der Waals surface area contributed by atoms with Gasteiger partial charge in [0.15, 0.2) is 0 Å². The van der Waals surface area contributed by atoms with Crippen LogP contribution < -0.4 is 4.72 Å². The van der Waals surface area contributed by atoms with Crippen molar-refractivity contribution in [1.82, 2.24) is 9.78 Å². The molecule has 1 rings (SSSR count). The van der Waals surface area contributed by atoms with Gasteiger partial charge in [-0.05, 0) is 12.3 Å². The highest BCUT2D eigenvalue weighted by Crippen LogP contribution is 2.16. The van der Waals surface area contributed by atoms with Crippen LogP contribution in [0.3, 0.4) is 0 Å². The van der Waals surface area contributed by atoms with E-state index < -0.39 is 10.0 Å². The van der Waals surface area contributed by atoms with Crippen LogP contribution in [0.2, 0.25) is 0 Å². The first-order valence-electron chi connectivity index (χ1n) is 5.47. The molecule has 0 aromatic carbocycles. The zero-order valence-electron chi connectivity index (χ0n) is 10.3. The van der Waals surface area contributed by atoms with Crippen molar-refractivity contribution in [1.29, 1.82) is 0 Å². The van der Waals surface area contributed by atoms with Gasteiger partial charge < -0.3 is 0 Å². The summed E-state index contributed by atoms with van der Waals surface area (Å²) in [5.74, 6) is 0.277. The van der Waals surface area contributed by atoms with Crippen molar-refractivity contribution < 1.29 is 8.42 Å². The van der Waals surface area contributed by atoms with Crippen LogP contribution >= 0.6 is 11.6 Å². The molecule has 1 heterocycles. The Labute approximate surface area is 107 Å². The lowest BCUT2D eigenvalue weighted by molar-refractivity contribution is 0.588. The zero-order valence-corrected chi connectivity index (χ0v) is 11.8. The summed E-state index contributed by atoms with van der Waals surface area (Å²) in [5, 5.41) is 4.18. The van der Waals surface area contributed by atoms with Gasteiger partial charge in [0.2, 0.25) is 10.0 Å². The largest absolute Gasteiger partial charge is 0.280 e. The second-order valence-electron chi connectivity index (χ2n) is 4.16. The topological polar surface area (TPSA) is 64.0 Å². The third kappa shape index (κ3) is 4.20. The van der Waals surface area contributed by atoms with E-state index in [0.29, 0.717) is 18.0 Å². The summed E-state index contributed by atoms with van der Waals surface area (Å²) in [7, 11) is -1.59. The van der Waals surface area contributed by atoms with E-state index in [2.05, 4.69) is 9.82 Å². The summed E-state index contributed by atoms with van der Waals surface area (Å²) >= 11 is 5.62. The molecule has 1 unspecified atom stereocenters. The number of nitrogens with zero attached hydrogens (tertiary/aromatic N) is 2. The van der Waals surface area contributed by atoms with Crippen LogP contribution in [0.4, 0.5) is 5.69 Å². The predicted octanol–water partition coefficient (Wildman–Crippen LogP) is 1.60. The Morgan fingerprint density at radius 2 is 2.24 bits per heavy atom. The van der Waals surface area contributed by atoms with Crippen molar-refractivity contribution in [3.05, 3.63) is 11.9 Å². The molecule has 1 atom stereocenters. The van der Waals surface area contributed by atoms with E-state index in [1.165, 1.54) is 0 Å². The summed E-state index contributed by atoms with van der Waals surface area (Å²) in [4.78, 5) is 0. The quantitative estimate of drug-likeness (QED) is 0.805. The van der Waals surface area contributed by atoms with E-state index in [1.807, 2.05) is 6.92 Å². The van der Waals surface area contributed by atoms with Crippen LogP contribution in [0.1, 0.15) is 19.5 Å². The number of rotatable bonds is 6. The Balaban J connectivity index is 2.82. The molecule has 0 aliphatic rings. The Hall–Kier alpha value is -0.750. The van der Waals surface area contributed by atoms with Gasteiger partial charge in [0, 0.05) is 19.1 Å². The van der Waals surface area contributed by atoms with Gasteiger partial charge in [-0.25, -0.2) is 8.42 Å². The number of sulfonamides is 1. The van der Waals surface area contributed by atoms with Crippen molar-refractivity contribution in [2.24, 2.45) is 13.0 Å². The highest BCUT2D eigenvalue weighted by atomic mass is 35.5. The molecule has 0 spiro atoms. The van der Waals surface area contributed by atoms with Gasteiger partial charge in [0.1, 0.15) is 0 Å². The summed E-state index contributed by atoms with van der Waals surface area (Å²) < 4.78 is 27.8. The molecule has 0 saturated carbocycles. The lowest BCUT2D eigenvalue weighted by Gasteiger charge is -2.10. The van der Waals surface area contributed by atoms with Crippen LogP contribution in [0.25, 0.3) is 0 Å². The maximum Gasteiger partial charge on any atom is 0.233 e. The highest BCUT2D eigenvalue weighted by molar-refractivity contribution is 7.92. The Bertz CT molecular complexity index is 470. The second kappa shape index (κ2) is 5.73. The maximum absolute atomic E-state index is 11.8. The number of alkyl halides is 1. The molecule has 7 heteroatoms. The fourth-order valence-corrected chi connectivity index (χ4v) is 3.20. The summed E-state index contributed by atoms with van der Waals surface area (Å²) in [6, 6.07) is 0. The Morgan fingerprint density at radius 3 is 2.76 bits per heavy atom. The van der Waals surface area contributed by atoms with Crippen LogP contribution in [0.5, 0.6) is 0 Å². The SMILES string of the molecule is CCc1nn(C)cc1NS(=O)(=O)CC(C)CCl. The minimum absolute atomic E-state index is 0.0224. The number of halogens is 1. The van der Waals surface area contributed by atoms with Crippen molar-refractivity contribution in [3.63, 3.8) is 0 Å². The summed E-state index contributed by atoms with van der Waals surface area (Å²) in [6.45, 7) is 3.73. The molecule has 0 saturated heterocycles. The maximum atomic E-state index is 11.8. The van der Waals surface area contributed by atoms with E-state index in [1.54, 1.807) is 24.9 Å². The molecule has 0 amide bonds. The number of anilines is 1. The number of hydrogen-bond acceptors (Lipinski definition) is 3. The van der Waals surface area contributed by atoms with Crippen molar-refractivity contribution >= 4 is 27.3 Å². The van der Waals surface area contributed by atoms with E-state index in [0.717, 1.165) is 5.69 Å². The van der Waals surface area contributed by atoms with E-state index in [-0.39, 0.29) is 11.7 Å². The van der Waals surface area contributed by atoms with Crippen LogP contribution in [-0.4, -0.2) is 29.8 Å². The minimum atomic E-state index is -3.35. The predicted molar refractivity (Wildman–Crippen MR) is 69.9 cm³/mol. The highest BCUT2D eigenvalue weighted by Gasteiger charge is 2.17. The molecule has 0 bridgehead atoms. The third-order valence-electron chi connectivity index (χ3n) is 2.27. The first kappa shape index (κ1) is 14.3. The number of aryl methyl sites for hydroxylation is 2. The van der Waals surface area contributed by atoms with Crippen LogP contribution in [-0.2, 0) is 23.5 Å². The molecule has 0 fully saturated rings. The summed E-state index contributed by atoms with van der Waals surface area (Å²) in [5.41, 5.74) is 1.30. The fourth-order valence-electron chi connectivity index (χ4n) is 1.51. The second-order valence-corrected chi connectivity index (χ2v) is 6.24. The molecule has 1 aromatic rings.